The van der Waals surface area contributed by atoms with Gasteiger partial charge in [-0.05, 0) is 25.0 Å². The van der Waals surface area contributed by atoms with E-state index in [4.69, 9.17) is 4.98 Å². The van der Waals surface area contributed by atoms with E-state index in [0.29, 0.717) is 0 Å². The Labute approximate surface area is 103 Å². The lowest BCUT2D eigenvalue weighted by Crippen LogP contribution is -2.23. The standard InChI is InChI=1S/C15H22N2/c1-4-10-15(3,11-5-2)14-16-12-8-6-7-9-13(12)17-14/h6-9H,4-5,10-11H2,1-3H3,(H,16,17). The molecule has 1 aromatic heterocycles. The molecular weight excluding hydrogens is 208 g/mol. The van der Waals surface area contributed by atoms with E-state index in [9.17, 15) is 0 Å². The van der Waals surface area contributed by atoms with Crippen LogP contribution in [-0.4, -0.2) is 9.97 Å². The number of para-hydroxylation sites is 2. The Kier molecular flexibility index (Phi) is 3.51. The number of aromatic nitrogens is 2. The van der Waals surface area contributed by atoms with Gasteiger partial charge in [-0.25, -0.2) is 4.98 Å². The first kappa shape index (κ1) is 12.2. The van der Waals surface area contributed by atoms with Gasteiger partial charge in [0, 0.05) is 5.41 Å². The molecule has 2 heteroatoms. The van der Waals surface area contributed by atoms with Crippen LogP contribution in [0.15, 0.2) is 24.3 Å². The van der Waals surface area contributed by atoms with Crippen LogP contribution in [0.4, 0.5) is 0 Å². The molecule has 1 aromatic carbocycles. The number of aromatic amines is 1. The van der Waals surface area contributed by atoms with Gasteiger partial charge in [-0.15, -0.1) is 0 Å². The molecule has 1 N–H and O–H groups in total. The van der Waals surface area contributed by atoms with Crippen LogP contribution >= 0.6 is 0 Å². The van der Waals surface area contributed by atoms with E-state index in [0.717, 1.165) is 16.9 Å². The summed E-state index contributed by atoms with van der Waals surface area (Å²) in [6.07, 6.45) is 4.79. The number of fused-ring (bicyclic) bond motifs is 1. The molecule has 0 aliphatic heterocycles. The van der Waals surface area contributed by atoms with E-state index in [1.807, 2.05) is 6.07 Å². The first-order chi connectivity index (χ1) is 8.19. The summed E-state index contributed by atoms with van der Waals surface area (Å²) >= 11 is 0. The van der Waals surface area contributed by atoms with Gasteiger partial charge < -0.3 is 4.98 Å². The monoisotopic (exact) mass is 230 g/mol. The van der Waals surface area contributed by atoms with Crippen molar-refractivity contribution in [1.29, 1.82) is 0 Å². The number of rotatable bonds is 5. The average molecular weight is 230 g/mol. The SMILES string of the molecule is CCCC(C)(CCC)c1nc2ccccc2[nH]1. The van der Waals surface area contributed by atoms with Gasteiger partial charge >= 0.3 is 0 Å². The number of nitrogens with zero attached hydrogens (tertiary/aromatic N) is 1. The summed E-state index contributed by atoms with van der Waals surface area (Å²) in [5.41, 5.74) is 2.43. The molecule has 0 bridgehead atoms. The largest absolute Gasteiger partial charge is 0.342 e. The number of H-pyrrole nitrogens is 1. The summed E-state index contributed by atoms with van der Waals surface area (Å²) in [6.45, 7) is 6.82. The lowest BCUT2D eigenvalue weighted by atomic mass is 9.80. The van der Waals surface area contributed by atoms with E-state index in [1.54, 1.807) is 0 Å². The molecule has 0 radical (unpaired) electrons. The molecule has 2 aromatic rings. The van der Waals surface area contributed by atoms with Crippen molar-refractivity contribution in [2.75, 3.05) is 0 Å². The summed E-state index contributed by atoms with van der Waals surface area (Å²) in [5.74, 6) is 1.16. The zero-order valence-electron chi connectivity index (χ0n) is 11.1. The van der Waals surface area contributed by atoms with Gasteiger partial charge in [-0.2, -0.15) is 0 Å². The minimum atomic E-state index is 0.197. The van der Waals surface area contributed by atoms with Gasteiger partial charge in [0.05, 0.1) is 11.0 Å². The molecular formula is C15H22N2. The highest BCUT2D eigenvalue weighted by Crippen LogP contribution is 2.32. The van der Waals surface area contributed by atoms with Crippen LogP contribution in [0.3, 0.4) is 0 Å². The second kappa shape index (κ2) is 4.91. The molecule has 0 spiro atoms. The van der Waals surface area contributed by atoms with Crippen LogP contribution in [0, 0.1) is 0 Å². The Hall–Kier alpha value is -1.31. The summed E-state index contributed by atoms with van der Waals surface area (Å²) in [7, 11) is 0. The first-order valence-corrected chi connectivity index (χ1v) is 6.65. The van der Waals surface area contributed by atoms with E-state index < -0.39 is 0 Å². The topological polar surface area (TPSA) is 28.7 Å². The fraction of sp³-hybridized carbons (Fsp3) is 0.533. The third-order valence-corrected chi connectivity index (χ3v) is 3.56. The number of hydrogen-bond donors (Lipinski definition) is 1. The van der Waals surface area contributed by atoms with Crippen LogP contribution < -0.4 is 0 Å². The number of imidazole rings is 1. The maximum absolute atomic E-state index is 4.77. The van der Waals surface area contributed by atoms with Crippen molar-refractivity contribution in [2.45, 2.75) is 51.9 Å². The average Bonchev–Trinajstić information content (AvgIpc) is 2.74. The van der Waals surface area contributed by atoms with Gasteiger partial charge in [0.2, 0.25) is 0 Å². The van der Waals surface area contributed by atoms with Crippen molar-refractivity contribution >= 4 is 11.0 Å². The molecule has 0 atom stereocenters. The van der Waals surface area contributed by atoms with Crippen LogP contribution in [0.2, 0.25) is 0 Å². The molecule has 0 unspecified atom stereocenters. The third-order valence-electron chi connectivity index (χ3n) is 3.56. The fourth-order valence-corrected chi connectivity index (χ4v) is 2.70. The minimum absolute atomic E-state index is 0.197. The summed E-state index contributed by atoms with van der Waals surface area (Å²) in [6, 6.07) is 8.28. The zero-order chi connectivity index (χ0) is 12.3. The summed E-state index contributed by atoms with van der Waals surface area (Å²) in [5, 5.41) is 0. The van der Waals surface area contributed by atoms with Crippen molar-refractivity contribution in [3.8, 4) is 0 Å². The molecule has 17 heavy (non-hydrogen) atoms. The predicted octanol–water partition coefficient (Wildman–Crippen LogP) is 4.42. The van der Waals surface area contributed by atoms with Gasteiger partial charge in [0.1, 0.15) is 5.82 Å². The van der Waals surface area contributed by atoms with Gasteiger partial charge in [0.15, 0.2) is 0 Å². The van der Waals surface area contributed by atoms with Crippen molar-refractivity contribution in [2.24, 2.45) is 0 Å². The lowest BCUT2D eigenvalue weighted by molar-refractivity contribution is 0.373. The Morgan fingerprint density at radius 2 is 1.76 bits per heavy atom. The maximum Gasteiger partial charge on any atom is 0.113 e. The number of hydrogen-bond acceptors (Lipinski definition) is 1. The van der Waals surface area contributed by atoms with E-state index >= 15 is 0 Å². The van der Waals surface area contributed by atoms with Crippen LogP contribution in [-0.2, 0) is 5.41 Å². The van der Waals surface area contributed by atoms with E-state index in [-0.39, 0.29) is 5.41 Å². The molecule has 0 amide bonds. The van der Waals surface area contributed by atoms with Crippen LogP contribution in [0.25, 0.3) is 11.0 Å². The summed E-state index contributed by atoms with van der Waals surface area (Å²) in [4.78, 5) is 8.26. The van der Waals surface area contributed by atoms with Gasteiger partial charge in [0.25, 0.3) is 0 Å². The van der Waals surface area contributed by atoms with Crippen molar-refractivity contribution in [1.82, 2.24) is 9.97 Å². The Balaban J connectivity index is 2.41. The minimum Gasteiger partial charge on any atom is -0.342 e. The van der Waals surface area contributed by atoms with E-state index in [1.165, 1.54) is 25.7 Å². The van der Waals surface area contributed by atoms with Crippen LogP contribution in [0.1, 0.15) is 52.3 Å². The predicted molar refractivity (Wildman–Crippen MR) is 73.3 cm³/mol. The molecule has 2 rings (SSSR count). The number of nitrogens with one attached hydrogen (secondary N) is 1. The molecule has 92 valence electrons. The van der Waals surface area contributed by atoms with Crippen molar-refractivity contribution < 1.29 is 0 Å². The fourth-order valence-electron chi connectivity index (χ4n) is 2.70. The van der Waals surface area contributed by atoms with Crippen molar-refractivity contribution in [3.63, 3.8) is 0 Å². The molecule has 0 saturated heterocycles. The Morgan fingerprint density at radius 1 is 1.12 bits per heavy atom. The second-order valence-electron chi connectivity index (χ2n) is 5.16. The second-order valence-corrected chi connectivity index (χ2v) is 5.16. The Morgan fingerprint density at radius 3 is 2.35 bits per heavy atom. The molecule has 2 nitrogen and oxygen atoms in total. The third kappa shape index (κ3) is 2.36. The molecule has 0 fully saturated rings. The van der Waals surface area contributed by atoms with Crippen molar-refractivity contribution in [3.05, 3.63) is 30.1 Å². The maximum atomic E-state index is 4.77. The van der Waals surface area contributed by atoms with Gasteiger partial charge in [-0.3, -0.25) is 0 Å². The number of benzene rings is 1. The highest BCUT2D eigenvalue weighted by atomic mass is 14.9. The van der Waals surface area contributed by atoms with Gasteiger partial charge in [-0.1, -0.05) is 45.7 Å². The molecule has 1 heterocycles. The molecule has 0 saturated carbocycles. The summed E-state index contributed by atoms with van der Waals surface area (Å²) < 4.78 is 0. The zero-order valence-corrected chi connectivity index (χ0v) is 11.1. The lowest BCUT2D eigenvalue weighted by Gasteiger charge is -2.26. The smallest absolute Gasteiger partial charge is 0.113 e. The highest BCUT2D eigenvalue weighted by Gasteiger charge is 2.28. The van der Waals surface area contributed by atoms with Crippen LogP contribution in [0.5, 0.6) is 0 Å². The Bertz CT molecular complexity index is 445. The molecule has 0 aliphatic rings. The quantitative estimate of drug-likeness (QED) is 0.809. The molecule has 0 aliphatic carbocycles. The van der Waals surface area contributed by atoms with E-state index in [2.05, 4.69) is 44.0 Å². The normalized spacial score (nSPS) is 12.2. The first-order valence-electron chi connectivity index (χ1n) is 6.65. The highest BCUT2D eigenvalue weighted by molar-refractivity contribution is 5.74.